The van der Waals surface area contributed by atoms with Gasteiger partial charge in [-0.2, -0.15) is 5.10 Å². The zero-order chi connectivity index (χ0) is 14.4. The van der Waals surface area contributed by atoms with Crippen molar-refractivity contribution in [2.45, 2.75) is 18.9 Å². The Morgan fingerprint density at radius 1 is 1.45 bits per heavy atom. The van der Waals surface area contributed by atoms with E-state index in [1.165, 1.54) is 17.8 Å². The first-order valence-electron chi connectivity index (χ1n) is 6.33. The van der Waals surface area contributed by atoms with Gasteiger partial charge in [0.1, 0.15) is 11.7 Å². The Kier molecular flexibility index (Phi) is 2.70. The van der Waals surface area contributed by atoms with E-state index in [1.54, 1.807) is 6.08 Å². The third-order valence-electron chi connectivity index (χ3n) is 3.58. The molecule has 1 saturated carbocycles. The average molecular weight is 275 g/mol. The molecule has 2 aliphatic rings. The van der Waals surface area contributed by atoms with Gasteiger partial charge in [0, 0.05) is 18.7 Å². The van der Waals surface area contributed by atoms with Crippen molar-refractivity contribution >= 4 is 17.7 Å². The highest BCUT2D eigenvalue weighted by Gasteiger charge is 2.39. The molecule has 2 N–H and O–H groups in total. The van der Waals surface area contributed by atoms with Crippen LogP contribution in [0.25, 0.3) is 0 Å². The van der Waals surface area contributed by atoms with Crippen LogP contribution in [0.2, 0.25) is 0 Å². The first-order chi connectivity index (χ1) is 9.52. The smallest absolute Gasteiger partial charge is 0.356 e. The fourth-order valence-electron chi connectivity index (χ4n) is 2.40. The monoisotopic (exact) mass is 275 g/mol. The summed E-state index contributed by atoms with van der Waals surface area (Å²) in [7, 11) is 1.49. The van der Waals surface area contributed by atoms with Gasteiger partial charge >= 0.3 is 5.97 Å². The minimum absolute atomic E-state index is 0.167. The Hall–Kier alpha value is -2.44. The van der Waals surface area contributed by atoms with Crippen LogP contribution >= 0.6 is 0 Å². The van der Waals surface area contributed by atoms with Gasteiger partial charge in [0.2, 0.25) is 11.7 Å². The first kappa shape index (κ1) is 12.6. The lowest BCUT2D eigenvalue weighted by molar-refractivity contribution is -0.122. The molecule has 1 aromatic heterocycles. The fourth-order valence-corrected chi connectivity index (χ4v) is 2.40. The SMILES string of the molecule is CNC(=O)C1C=C(C2CC2)C(=O)c2cc(C(=O)O)nn21. The van der Waals surface area contributed by atoms with Gasteiger partial charge < -0.3 is 10.4 Å². The number of carbonyl (C=O) groups excluding carboxylic acids is 2. The second-order valence-electron chi connectivity index (χ2n) is 4.95. The first-order valence-corrected chi connectivity index (χ1v) is 6.33. The quantitative estimate of drug-likeness (QED) is 0.831. The van der Waals surface area contributed by atoms with Gasteiger partial charge in [-0.1, -0.05) is 0 Å². The predicted octanol–water partition coefficient (Wildman–Crippen LogP) is 0.401. The highest BCUT2D eigenvalue weighted by atomic mass is 16.4. The summed E-state index contributed by atoms with van der Waals surface area (Å²) in [5.74, 6) is -1.58. The lowest BCUT2D eigenvalue weighted by atomic mass is 9.96. The van der Waals surface area contributed by atoms with E-state index in [4.69, 9.17) is 5.11 Å². The van der Waals surface area contributed by atoms with Crippen molar-refractivity contribution in [1.29, 1.82) is 0 Å². The Balaban J connectivity index is 2.11. The number of ketones is 1. The molecule has 1 fully saturated rings. The molecule has 0 spiro atoms. The number of aromatic nitrogens is 2. The zero-order valence-corrected chi connectivity index (χ0v) is 10.8. The molecule has 7 heteroatoms. The lowest BCUT2D eigenvalue weighted by Gasteiger charge is -2.21. The number of Topliss-reactive ketones (excluding diaryl/α,β-unsaturated/α-hetero) is 1. The highest BCUT2D eigenvalue weighted by Crippen LogP contribution is 2.41. The average Bonchev–Trinajstić information content (AvgIpc) is 3.15. The van der Waals surface area contributed by atoms with Gasteiger partial charge in [-0.25, -0.2) is 9.48 Å². The molecule has 7 nitrogen and oxygen atoms in total. The number of aromatic carboxylic acids is 1. The molecular weight excluding hydrogens is 262 g/mol. The summed E-state index contributed by atoms with van der Waals surface area (Å²) >= 11 is 0. The van der Waals surface area contributed by atoms with Crippen LogP contribution in [0.1, 0.15) is 39.9 Å². The Morgan fingerprint density at radius 3 is 2.70 bits per heavy atom. The summed E-state index contributed by atoms with van der Waals surface area (Å²) in [5, 5.41) is 15.3. The third kappa shape index (κ3) is 1.82. The molecule has 3 rings (SSSR count). The topological polar surface area (TPSA) is 101 Å². The number of carbonyl (C=O) groups is 3. The highest BCUT2D eigenvalue weighted by molar-refractivity contribution is 6.11. The number of carboxylic acid groups (broad SMARTS) is 1. The molecule has 0 bridgehead atoms. The van der Waals surface area contributed by atoms with E-state index in [2.05, 4.69) is 10.4 Å². The van der Waals surface area contributed by atoms with Crippen LogP contribution in [0.4, 0.5) is 0 Å². The van der Waals surface area contributed by atoms with Gasteiger partial charge in [-0.15, -0.1) is 0 Å². The maximum Gasteiger partial charge on any atom is 0.356 e. The normalized spacial score (nSPS) is 21.1. The molecule has 2 heterocycles. The van der Waals surface area contributed by atoms with Crippen molar-refractivity contribution in [3.8, 4) is 0 Å². The molecule has 0 radical (unpaired) electrons. The van der Waals surface area contributed by atoms with Crippen LogP contribution in [0.15, 0.2) is 17.7 Å². The predicted molar refractivity (Wildman–Crippen MR) is 67.4 cm³/mol. The van der Waals surface area contributed by atoms with Crippen molar-refractivity contribution < 1.29 is 19.5 Å². The van der Waals surface area contributed by atoms with Crippen molar-refractivity contribution in [3.05, 3.63) is 29.1 Å². The zero-order valence-electron chi connectivity index (χ0n) is 10.8. The summed E-state index contributed by atoms with van der Waals surface area (Å²) < 4.78 is 1.19. The van der Waals surface area contributed by atoms with E-state index in [9.17, 15) is 14.4 Å². The van der Waals surface area contributed by atoms with Crippen LogP contribution in [0.3, 0.4) is 0 Å². The van der Waals surface area contributed by atoms with E-state index in [0.717, 1.165) is 12.8 Å². The number of amides is 1. The van der Waals surface area contributed by atoms with E-state index in [-0.39, 0.29) is 29.0 Å². The maximum absolute atomic E-state index is 12.3. The van der Waals surface area contributed by atoms with Crippen LogP contribution in [-0.4, -0.2) is 39.6 Å². The molecule has 1 aliphatic carbocycles. The maximum atomic E-state index is 12.3. The molecule has 1 atom stereocenters. The summed E-state index contributed by atoms with van der Waals surface area (Å²) in [4.78, 5) is 35.3. The van der Waals surface area contributed by atoms with Crippen LogP contribution in [0.5, 0.6) is 0 Å². The number of fused-ring (bicyclic) bond motifs is 1. The van der Waals surface area contributed by atoms with Crippen molar-refractivity contribution in [1.82, 2.24) is 15.1 Å². The summed E-state index contributed by atoms with van der Waals surface area (Å²) in [5.41, 5.74) is 0.538. The van der Waals surface area contributed by atoms with Crippen LogP contribution < -0.4 is 5.32 Å². The number of hydrogen-bond donors (Lipinski definition) is 2. The van der Waals surface area contributed by atoms with Gasteiger partial charge in [0.25, 0.3) is 0 Å². The van der Waals surface area contributed by atoms with Crippen molar-refractivity contribution in [3.63, 3.8) is 0 Å². The van der Waals surface area contributed by atoms with Crippen LogP contribution in [0, 0.1) is 5.92 Å². The minimum Gasteiger partial charge on any atom is -0.476 e. The van der Waals surface area contributed by atoms with Gasteiger partial charge in [0.15, 0.2) is 5.69 Å². The van der Waals surface area contributed by atoms with E-state index in [1.807, 2.05) is 0 Å². The van der Waals surface area contributed by atoms with E-state index >= 15 is 0 Å². The van der Waals surface area contributed by atoms with Crippen molar-refractivity contribution in [2.75, 3.05) is 7.05 Å². The van der Waals surface area contributed by atoms with Gasteiger partial charge in [-0.05, 0) is 24.8 Å². The Labute approximate surface area is 114 Å². The molecule has 104 valence electrons. The lowest BCUT2D eigenvalue weighted by Crippen LogP contribution is -2.34. The fraction of sp³-hybridized carbons (Fsp3) is 0.385. The number of carboxylic acids is 1. The number of nitrogens with zero attached hydrogens (tertiary/aromatic N) is 2. The number of allylic oxidation sites excluding steroid dienone is 1. The van der Waals surface area contributed by atoms with Crippen LogP contribution in [-0.2, 0) is 4.79 Å². The molecule has 0 saturated heterocycles. The second-order valence-corrected chi connectivity index (χ2v) is 4.95. The Morgan fingerprint density at radius 2 is 2.15 bits per heavy atom. The van der Waals surface area contributed by atoms with E-state index < -0.39 is 12.0 Å². The van der Waals surface area contributed by atoms with Gasteiger partial charge in [-0.3, -0.25) is 9.59 Å². The summed E-state index contributed by atoms with van der Waals surface area (Å²) in [6.07, 6.45) is 3.46. The summed E-state index contributed by atoms with van der Waals surface area (Å²) in [6.45, 7) is 0. The summed E-state index contributed by atoms with van der Waals surface area (Å²) in [6, 6.07) is 0.465. The minimum atomic E-state index is -1.22. The number of rotatable bonds is 3. The number of likely N-dealkylation sites (N-methyl/N-ethyl adjacent to an activating group) is 1. The second kappa shape index (κ2) is 4.29. The molecule has 1 unspecified atom stereocenters. The largest absolute Gasteiger partial charge is 0.476 e. The molecule has 0 aromatic carbocycles. The standard InChI is InChI=1S/C13H13N3O4/c1-14-12(18)10-4-7(6-2-3-6)11(17)9-5-8(13(19)20)15-16(9)10/h4-6,10H,2-3H2,1H3,(H,14,18)(H,19,20). The Bertz CT molecular complexity index is 655. The molecular formula is C13H13N3O4. The molecule has 20 heavy (non-hydrogen) atoms. The molecule has 1 amide bonds. The van der Waals surface area contributed by atoms with Gasteiger partial charge in [0.05, 0.1) is 0 Å². The molecule has 1 aliphatic heterocycles. The van der Waals surface area contributed by atoms with E-state index in [0.29, 0.717) is 5.57 Å². The third-order valence-corrected chi connectivity index (χ3v) is 3.58. The number of nitrogens with one attached hydrogen (secondary N) is 1. The number of hydrogen-bond acceptors (Lipinski definition) is 4. The van der Waals surface area contributed by atoms with Crippen molar-refractivity contribution in [2.24, 2.45) is 5.92 Å². The molecule has 1 aromatic rings.